The summed E-state index contributed by atoms with van der Waals surface area (Å²) >= 11 is 0. The summed E-state index contributed by atoms with van der Waals surface area (Å²) in [6, 6.07) is 3.98. The standard InChI is InChI=1S/C19H26N4O2/c1-6-15-12(3)20-13(4)21-19(15)23-9-16(17(10-23)22-14(5)24)18-8-7-11(2)25-18/h7-8,16-17H,6,9-10H2,1-5H3,(H,22,24). The Kier molecular flexibility index (Phi) is 4.79. The lowest BCUT2D eigenvalue weighted by Gasteiger charge is -2.22. The van der Waals surface area contributed by atoms with Gasteiger partial charge in [0.25, 0.3) is 0 Å². The Hall–Kier alpha value is -2.37. The number of amides is 1. The molecule has 0 saturated carbocycles. The first-order valence-electron chi connectivity index (χ1n) is 8.81. The molecule has 1 N–H and O–H groups in total. The van der Waals surface area contributed by atoms with E-state index in [9.17, 15) is 4.79 Å². The van der Waals surface area contributed by atoms with Crippen molar-refractivity contribution in [3.63, 3.8) is 0 Å². The number of nitrogens with one attached hydrogen (secondary N) is 1. The highest BCUT2D eigenvalue weighted by molar-refractivity contribution is 5.73. The zero-order chi connectivity index (χ0) is 18.1. The third kappa shape index (κ3) is 3.52. The highest BCUT2D eigenvalue weighted by Gasteiger charge is 2.37. The molecular formula is C19H26N4O2. The maximum atomic E-state index is 11.7. The van der Waals surface area contributed by atoms with E-state index in [1.165, 1.54) is 5.56 Å². The van der Waals surface area contributed by atoms with Gasteiger partial charge in [-0.15, -0.1) is 0 Å². The molecule has 3 rings (SSSR count). The second kappa shape index (κ2) is 6.86. The van der Waals surface area contributed by atoms with Gasteiger partial charge in [0, 0.05) is 31.3 Å². The molecule has 1 fully saturated rings. The molecule has 2 atom stereocenters. The number of carbonyl (C=O) groups is 1. The minimum Gasteiger partial charge on any atom is -0.466 e. The monoisotopic (exact) mass is 342 g/mol. The first-order chi connectivity index (χ1) is 11.9. The number of furan rings is 1. The third-order valence-corrected chi connectivity index (χ3v) is 4.79. The van der Waals surface area contributed by atoms with E-state index in [0.717, 1.165) is 41.8 Å². The van der Waals surface area contributed by atoms with Crippen molar-refractivity contribution < 1.29 is 9.21 Å². The van der Waals surface area contributed by atoms with Crippen molar-refractivity contribution in [1.29, 1.82) is 0 Å². The molecule has 1 aliphatic heterocycles. The molecule has 2 unspecified atom stereocenters. The molecule has 0 aromatic carbocycles. The van der Waals surface area contributed by atoms with Crippen molar-refractivity contribution in [2.24, 2.45) is 0 Å². The molecule has 1 aliphatic rings. The average molecular weight is 342 g/mol. The van der Waals surface area contributed by atoms with E-state index in [-0.39, 0.29) is 17.9 Å². The van der Waals surface area contributed by atoms with Gasteiger partial charge in [0.2, 0.25) is 5.91 Å². The number of aromatic nitrogens is 2. The van der Waals surface area contributed by atoms with Crippen LogP contribution >= 0.6 is 0 Å². The van der Waals surface area contributed by atoms with Crippen LogP contribution in [-0.2, 0) is 11.2 Å². The zero-order valence-electron chi connectivity index (χ0n) is 15.6. The Bertz CT molecular complexity index is 784. The van der Waals surface area contributed by atoms with E-state index in [2.05, 4.69) is 22.1 Å². The smallest absolute Gasteiger partial charge is 0.217 e. The van der Waals surface area contributed by atoms with Crippen LogP contribution in [-0.4, -0.2) is 35.0 Å². The second-order valence-corrected chi connectivity index (χ2v) is 6.78. The first kappa shape index (κ1) is 17.5. The van der Waals surface area contributed by atoms with Crippen LogP contribution in [0.2, 0.25) is 0 Å². The summed E-state index contributed by atoms with van der Waals surface area (Å²) in [7, 11) is 0. The Labute approximate surface area is 148 Å². The molecule has 6 nitrogen and oxygen atoms in total. The molecule has 134 valence electrons. The van der Waals surface area contributed by atoms with Gasteiger partial charge < -0.3 is 14.6 Å². The summed E-state index contributed by atoms with van der Waals surface area (Å²) in [6.07, 6.45) is 0.882. The van der Waals surface area contributed by atoms with Gasteiger partial charge >= 0.3 is 0 Å². The third-order valence-electron chi connectivity index (χ3n) is 4.79. The fourth-order valence-corrected chi connectivity index (χ4v) is 3.72. The fourth-order valence-electron chi connectivity index (χ4n) is 3.72. The van der Waals surface area contributed by atoms with Crippen LogP contribution in [0.4, 0.5) is 5.82 Å². The Morgan fingerprint density at radius 2 is 2.04 bits per heavy atom. The van der Waals surface area contributed by atoms with Crippen molar-refractivity contribution in [3.8, 4) is 0 Å². The van der Waals surface area contributed by atoms with Gasteiger partial charge in [-0.2, -0.15) is 0 Å². The molecule has 25 heavy (non-hydrogen) atoms. The summed E-state index contributed by atoms with van der Waals surface area (Å²) < 4.78 is 5.86. The van der Waals surface area contributed by atoms with Gasteiger partial charge in [0.15, 0.2) is 0 Å². The fraction of sp³-hybridized carbons (Fsp3) is 0.526. The first-order valence-corrected chi connectivity index (χ1v) is 8.81. The Morgan fingerprint density at radius 3 is 2.64 bits per heavy atom. The van der Waals surface area contributed by atoms with Crippen LogP contribution in [0, 0.1) is 20.8 Å². The molecule has 3 heterocycles. The van der Waals surface area contributed by atoms with Gasteiger partial charge in [-0.05, 0) is 39.3 Å². The van der Waals surface area contributed by atoms with Crippen LogP contribution < -0.4 is 10.2 Å². The molecule has 0 aliphatic carbocycles. The molecule has 0 bridgehead atoms. The lowest BCUT2D eigenvalue weighted by atomic mass is 10.0. The van der Waals surface area contributed by atoms with Crippen molar-refractivity contribution in [2.75, 3.05) is 18.0 Å². The van der Waals surface area contributed by atoms with Crippen molar-refractivity contribution >= 4 is 11.7 Å². The van der Waals surface area contributed by atoms with Gasteiger partial charge in [0.1, 0.15) is 23.2 Å². The number of hydrogen-bond donors (Lipinski definition) is 1. The predicted octanol–water partition coefficient (Wildman–Crippen LogP) is 2.67. The Balaban J connectivity index is 1.95. The second-order valence-electron chi connectivity index (χ2n) is 6.78. The van der Waals surface area contributed by atoms with E-state index in [1.807, 2.05) is 32.9 Å². The van der Waals surface area contributed by atoms with Gasteiger partial charge in [0.05, 0.1) is 12.0 Å². The lowest BCUT2D eigenvalue weighted by Crippen LogP contribution is -2.38. The number of aryl methyl sites for hydroxylation is 3. The normalized spacial score (nSPS) is 20.1. The van der Waals surface area contributed by atoms with Crippen LogP contribution in [0.15, 0.2) is 16.5 Å². The highest BCUT2D eigenvalue weighted by Crippen LogP contribution is 2.33. The molecule has 0 radical (unpaired) electrons. The largest absolute Gasteiger partial charge is 0.466 e. The lowest BCUT2D eigenvalue weighted by molar-refractivity contribution is -0.119. The molecule has 0 spiro atoms. The zero-order valence-corrected chi connectivity index (χ0v) is 15.6. The van der Waals surface area contributed by atoms with Gasteiger partial charge in [-0.3, -0.25) is 4.79 Å². The summed E-state index contributed by atoms with van der Waals surface area (Å²) in [4.78, 5) is 23.1. The SMILES string of the molecule is CCc1c(C)nc(C)nc1N1CC(NC(C)=O)C(c2ccc(C)o2)C1. The van der Waals surface area contributed by atoms with Gasteiger partial charge in [-0.25, -0.2) is 9.97 Å². The highest BCUT2D eigenvalue weighted by atomic mass is 16.3. The average Bonchev–Trinajstić information content (AvgIpc) is 3.12. The van der Waals surface area contributed by atoms with E-state index >= 15 is 0 Å². The van der Waals surface area contributed by atoms with E-state index in [0.29, 0.717) is 6.54 Å². The summed E-state index contributed by atoms with van der Waals surface area (Å²) in [5.74, 6) is 3.65. The minimum absolute atomic E-state index is 0.00309. The molecule has 2 aromatic heterocycles. The number of carbonyl (C=O) groups excluding carboxylic acids is 1. The van der Waals surface area contributed by atoms with Crippen LogP contribution in [0.3, 0.4) is 0 Å². The number of hydrogen-bond acceptors (Lipinski definition) is 5. The molecule has 6 heteroatoms. The summed E-state index contributed by atoms with van der Waals surface area (Å²) in [5.41, 5.74) is 2.20. The molecular weight excluding hydrogens is 316 g/mol. The number of anilines is 1. The predicted molar refractivity (Wildman–Crippen MR) is 96.9 cm³/mol. The number of nitrogens with zero attached hydrogens (tertiary/aromatic N) is 3. The van der Waals surface area contributed by atoms with Crippen molar-refractivity contribution in [2.45, 2.75) is 53.0 Å². The molecule has 1 saturated heterocycles. The maximum Gasteiger partial charge on any atom is 0.217 e. The quantitative estimate of drug-likeness (QED) is 0.925. The molecule has 1 amide bonds. The van der Waals surface area contributed by atoms with Crippen LogP contribution in [0.5, 0.6) is 0 Å². The van der Waals surface area contributed by atoms with Crippen LogP contribution in [0.25, 0.3) is 0 Å². The number of rotatable bonds is 4. The maximum absolute atomic E-state index is 11.7. The van der Waals surface area contributed by atoms with E-state index < -0.39 is 0 Å². The van der Waals surface area contributed by atoms with E-state index in [1.54, 1.807) is 6.92 Å². The molecule has 2 aromatic rings. The van der Waals surface area contributed by atoms with Crippen molar-refractivity contribution in [1.82, 2.24) is 15.3 Å². The topological polar surface area (TPSA) is 71.3 Å². The summed E-state index contributed by atoms with van der Waals surface area (Å²) in [5, 5.41) is 3.08. The van der Waals surface area contributed by atoms with E-state index in [4.69, 9.17) is 9.40 Å². The Morgan fingerprint density at radius 1 is 1.28 bits per heavy atom. The van der Waals surface area contributed by atoms with Crippen molar-refractivity contribution in [3.05, 3.63) is 40.7 Å². The summed E-state index contributed by atoms with van der Waals surface area (Å²) in [6.45, 7) is 11.1. The van der Waals surface area contributed by atoms with Gasteiger partial charge in [-0.1, -0.05) is 6.92 Å². The van der Waals surface area contributed by atoms with Crippen LogP contribution in [0.1, 0.15) is 48.4 Å². The minimum atomic E-state index is -0.0223.